The second-order valence-corrected chi connectivity index (χ2v) is 8.86. The van der Waals surface area contributed by atoms with Crippen molar-refractivity contribution in [3.8, 4) is 0 Å². The van der Waals surface area contributed by atoms with E-state index < -0.39 is 0 Å². The van der Waals surface area contributed by atoms with Gasteiger partial charge in [-0.25, -0.2) is 0 Å². The molecule has 1 rings (SSSR count). The summed E-state index contributed by atoms with van der Waals surface area (Å²) in [5, 5.41) is 0. The van der Waals surface area contributed by atoms with Crippen molar-refractivity contribution < 1.29 is 0 Å². The number of aliphatic imine (C=N–C) groups is 1. The van der Waals surface area contributed by atoms with Gasteiger partial charge in [-0.2, -0.15) is 0 Å². The van der Waals surface area contributed by atoms with Crippen molar-refractivity contribution in [2.75, 3.05) is 13.1 Å². The van der Waals surface area contributed by atoms with Crippen LogP contribution >= 0.6 is 0 Å². The van der Waals surface area contributed by atoms with Gasteiger partial charge in [0.25, 0.3) is 0 Å². The van der Waals surface area contributed by atoms with E-state index in [1.807, 2.05) is 0 Å². The molecule has 0 bridgehead atoms. The number of hydrogen-bond acceptors (Lipinski definition) is 3. The second kappa shape index (κ2) is 15.4. The average Bonchev–Trinajstić information content (AvgIpc) is 3.14. The summed E-state index contributed by atoms with van der Waals surface area (Å²) in [5.74, 6) is 1.26. The van der Waals surface area contributed by atoms with Crippen LogP contribution in [0.5, 0.6) is 0 Å². The van der Waals surface area contributed by atoms with Crippen molar-refractivity contribution in [1.82, 2.24) is 4.90 Å². The molecule has 3 nitrogen and oxygen atoms in total. The molecule has 0 saturated carbocycles. The van der Waals surface area contributed by atoms with E-state index in [0.29, 0.717) is 0 Å². The molecule has 1 aliphatic heterocycles. The zero-order valence-electron chi connectivity index (χ0n) is 18.9. The Kier molecular flexibility index (Phi) is 13.9. The highest BCUT2D eigenvalue weighted by Gasteiger charge is 2.30. The summed E-state index contributed by atoms with van der Waals surface area (Å²) in [6.07, 6.45) is 23.4. The Hall–Kier alpha value is -0.570. The molecule has 0 aromatic rings. The number of nitrogens with two attached hydrogens (primary N) is 1. The highest BCUT2D eigenvalue weighted by Crippen LogP contribution is 2.20. The van der Waals surface area contributed by atoms with Gasteiger partial charge in [-0.1, -0.05) is 104 Å². The lowest BCUT2D eigenvalue weighted by Gasteiger charge is -2.37. The van der Waals surface area contributed by atoms with Crippen molar-refractivity contribution in [3.63, 3.8) is 0 Å². The predicted molar refractivity (Wildman–Crippen MR) is 121 cm³/mol. The van der Waals surface area contributed by atoms with Crippen LogP contribution in [0.15, 0.2) is 4.99 Å². The quantitative estimate of drug-likeness (QED) is 0.259. The van der Waals surface area contributed by atoms with E-state index >= 15 is 0 Å². The molecule has 0 aromatic heterocycles. The zero-order chi connectivity index (χ0) is 19.8. The molecular formula is C24H49N3. The monoisotopic (exact) mass is 379 g/mol. The molecule has 1 heterocycles. The Morgan fingerprint density at radius 1 is 0.778 bits per heavy atom. The van der Waals surface area contributed by atoms with E-state index in [0.717, 1.165) is 25.9 Å². The van der Waals surface area contributed by atoms with E-state index in [1.165, 1.54) is 102 Å². The Labute approximate surface area is 170 Å². The van der Waals surface area contributed by atoms with Gasteiger partial charge >= 0.3 is 0 Å². The lowest BCUT2D eigenvalue weighted by Crippen LogP contribution is -2.54. The van der Waals surface area contributed by atoms with E-state index in [1.54, 1.807) is 0 Å². The summed E-state index contributed by atoms with van der Waals surface area (Å²) in [5.41, 5.74) is 6.20. The summed E-state index contributed by atoms with van der Waals surface area (Å²) in [7, 11) is 0. The normalized spacial score (nSPS) is 16.6. The lowest BCUT2D eigenvalue weighted by molar-refractivity contribution is 0.205. The number of nitrogens with zero attached hydrogens (tertiary/aromatic N) is 2. The van der Waals surface area contributed by atoms with Crippen LogP contribution in [0.25, 0.3) is 0 Å². The van der Waals surface area contributed by atoms with Gasteiger partial charge in [-0.15, -0.1) is 0 Å². The molecule has 0 aromatic carbocycles. The third-order valence-electron chi connectivity index (χ3n) is 6.27. The molecule has 3 heteroatoms. The molecule has 0 amide bonds. The first kappa shape index (κ1) is 24.5. The highest BCUT2D eigenvalue weighted by atomic mass is 15.3. The van der Waals surface area contributed by atoms with Gasteiger partial charge in [-0.05, 0) is 19.8 Å². The molecule has 0 fully saturated rings. The van der Waals surface area contributed by atoms with Crippen molar-refractivity contribution in [2.45, 2.75) is 136 Å². The summed E-state index contributed by atoms with van der Waals surface area (Å²) >= 11 is 0. The van der Waals surface area contributed by atoms with Gasteiger partial charge in [0.05, 0.1) is 12.2 Å². The van der Waals surface area contributed by atoms with Gasteiger partial charge in [0.2, 0.25) is 0 Å². The fourth-order valence-electron chi connectivity index (χ4n) is 4.10. The Morgan fingerprint density at radius 3 is 1.67 bits per heavy atom. The SMILES string of the molecule is CCCCCCCCCCCCCCCCCC1=NCCN1C(C)(N)CC. The number of amidine groups is 1. The first-order valence-corrected chi connectivity index (χ1v) is 12.2. The standard InChI is InChI=1S/C24H49N3/c1-4-6-7-8-9-10-11-12-13-14-15-16-17-18-19-20-23-26-21-22-27(23)24(3,25)5-2/h4-22,25H2,1-3H3. The fraction of sp³-hybridized carbons (Fsp3) is 0.958. The average molecular weight is 380 g/mol. The molecule has 0 radical (unpaired) electrons. The fourth-order valence-corrected chi connectivity index (χ4v) is 4.10. The van der Waals surface area contributed by atoms with Gasteiger partial charge in [-0.3, -0.25) is 4.99 Å². The van der Waals surface area contributed by atoms with Crippen molar-refractivity contribution in [1.29, 1.82) is 0 Å². The molecular weight excluding hydrogens is 330 g/mol. The first-order valence-electron chi connectivity index (χ1n) is 12.2. The molecule has 1 aliphatic rings. The minimum absolute atomic E-state index is 0.217. The maximum absolute atomic E-state index is 6.41. The van der Waals surface area contributed by atoms with Crippen LogP contribution < -0.4 is 5.73 Å². The molecule has 2 N–H and O–H groups in total. The van der Waals surface area contributed by atoms with Crippen LogP contribution in [0.3, 0.4) is 0 Å². The van der Waals surface area contributed by atoms with Gasteiger partial charge in [0.15, 0.2) is 0 Å². The highest BCUT2D eigenvalue weighted by molar-refractivity contribution is 5.84. The van der Waals surface area contributed by atoms with Crippen LogP contribution in [-0.2, 0) is 0 Å². The number of hydrogen-bond donors (Lipinski definition) is 1. The number of rotatable bonds is 18. The van der Waals surface area contributed by atoms with E-state index in [-0.39, 0.29) is 5.66 Å². The molecule has 0 aliphatic carbocycles. The maximum Gasteiger partial charge on any atom is 0.100 e. The number of unbranched alkanes of at least 4 members (excludes halogenated alkanes) is 14. The van der Waals surface area contributed by atoms with Crippen LogP contribution in [0.4, 0.5) is 0 Å². The first-order chi connectivity index (χ1) is 13.1. The molecule has 0 saturated heterocycles. The van der Waals surface area contributed by atoms with Crippen molar-refractivity contribution in [3.05, 3.63) is 0 Å². The molecule has 27 heavy (non-hydrogen) atoms. The lowest BCUT2D eigenvalue weighted by atomic mass is 10.0. The summed E-state index contributed by atoms with van der Waals surface area (Å²) in [6, 6.07) is 0. The predicted octanol–water partition coefficient (Wildman–Crippen LogP) is 7.05. The molecule has 1 atom stereocenters. The van der Waals surface area contributed by atoms with Crippen LogP contribution in [-0.4, -0.2) is 29.5 Å². The van der Waals surface area contributed by atoms with E-state index in [9.17, 15) is 0 Å². The van der Waals surface area contributed by atoms with Crippen molar-refractivity contribution in [2.24, 2.45) is 10.7 Å². The topological polar surface area (TPSA) is 41.6 Å². The van der Waals surface area contributed by atoms with Crippen LogP contribution in [0.1, 0.15) is 130 Å². The van der Waals surface area contributed by atoms with E-state index in [2.05, 4.69) is 25.7 Å². The van der Waals surface area contributed by atoms with Crippen LogP contribution in [0.2, 0.25) is 0 Å². The zero-order valence-corrected chi connectivity index (χ0v) is 18.9. The van der Waals surface area contributed by atoms with Gasteiger partial charge < -0.3 is 10.6 Å². The van der Waals surface area contributed by atoms with Gasteiger partial charge in [0, 0.05) is 13.0 Å². The largest absolute Gasteiger partial charge is 0.341 e. The third-order valence-corrected chi connectivity index (χ3v) is 6.27. The summed E-state index contributed by atoms with van der Waals surface area (Å²) in [6.45, 7) is 8.54. The third kappa shape index (κ3) is 11.1. The van der Waals surface area contributed by atoms with Gasteiger partial charge in [0.1, 0.15) is 5.84 Å². The molecule has 160 valence electrons. The van der Waals surface area contributed by atoms with E-state index in [4.69, 9.17) is 10.7 Å². The smallest absolute Gasteiger partial charge is 0.100 e. The molecule has 1 unspecified atom stereocenters. The minimum atomic E-state index is -0.217. The molecule has 0 spiro atoms. The van der Waals surface area contributed by atoms with Crippen LogP contribution in [0, 0.1) is 0 Å². The minimum Gasteiger partial charge on any atom is -0.341 e. The second-order valence-electron chi connectivity index (χ2n) is 8.86. The Morgan fingerprint density at radius 2 is 1.22 bits per heavy atom. The maximum atomic E-state index is 6.41. The summed E-state index contributed by atoms with van der Waals surface area (Å²) < 4.78 is 0. The summed E-state index contributed by atoms with van der Waals surface area (Å²) in [4.78, 5) is 7.04. The van der Waals surface area contributed by atoms with Crippen molar-refractivity contribution >= 4 is 5.84 Å². The Bertz CT molecular complexity index is 376. The Balaban J connectivity index is 1.87.